The van der Waals surface area contributed by atoms with E-state index in [0.717, 1.165) is 15.8 Å². The Morgan fingerprint density at radius 1 is 1.15 bits per heavy atom. The zero-order valence-electron chi connectivity index (χ0n) is 14.8. The van der Waals surface area contributed by atoms with Crippen molar-refractivity contribution in [2.45, 2.75) is 19.6 Å². The van der Waals surface area contributed by atoms with Gasteiger partial charge < -0.3 is 19.3 Å². The minimum absolute atomic E-state index is 0.121. The van der Waals surface area contributed by atoms with Gasteiger partial charge in [-0.05, 0) is 55.5 Å². The number of ether oxygens (including phenoxy) is 2. The number of hydrogen-bond acceptors (Lipinski definition) is 6. The van der Waals surface area contributed by atoms with Gasteiger partial charge in [0, 0.05) is 10.0 Å². The molecule has 2 aromatic carbocycles. The molecule has 140 valence electrons. The van der Waals surface area contributed by atoms with E-state index in [9.17, 15) is 4.79 Å². The summed E-state index contributed by atoms with van der Waals surface area (Å²) >= 11 is 3.35. The van der Waals surface area contributed by atoms with Crippen molar-refractivity contribution in [2.24, 2.45) is 0 Å². The Labute approximate surface area is 164 Å². The van der Waals surface area contributed by atoms with Crippen LogP contribution in [0.25, 0.3) is 11.4 Å². The normalized spacial score (nSPS) is 11.7. The molecule has 1 atom stereocenters. The van der Waals surface area contributed by atoms with Crippen molar-refractivity contribution in [3.05, 3.63) is 58.9 Å². The number of halogens is 1. The topological polar surface area (TPSA) is 86.5 Å². The minimum atomic E-state index is -0.657. The summed E-state index contributed by atoms with van der Waals surface area (Å²) in [5, 5.41) is 6.65. The highest BCUT2D eigenvalue weighted by molar-refractivity contribution is 9.10. The van der Waals surface area contributed by atoms with E-state index in [0.29, 0.717) is 17.5 Å². The first-order valence-corrected chi connectivity index (χ1v) is 9.01. The van der Waals surface area contributed by atoms with E-state index < -0.39 is 6.10 Å². The zero-order valence-corrected chi connectivity index (χ0v) is 16.4. The summed E-state index contributed by atoms with van der Waals surface area (Å²) in [5.41, 5.74) is 0.795. The van der Waals surface area contributed by atoms with E-state index in [2.05, 4.69) is 31.4 Å². The predicted molar refractivity (Wildman–Crippen MR) is 102 cm³/mol. The van der Waals surface area contributed by atoms with Gasteiger partial charge in [-0.2, -0.15) is 4.98 Å². The van der Waals surface area contributed by atoms with Gasteiger partial charge in [0.25, 0.3) is 5.91 Å². The van der Waals surface area contributed by atoms with Crippen LogP contribution in [0, 0.1) is 0 Å². The summed E-state index contributed by atoms with van der Waals surface area (Å²) in [6.07, 6.45) is -0.657. The van der Waals surface area contributed by atoms with Crippen LogP contribution < -0.4 is 14.8 Å². The van der Waals surface area contributed by atoms with Gasteiger partial charge >= 0.3 is 0 Å². The molecular formula is C19H18BrN3O4. The van der Waals surface area contributed by atoms with Crippen LogP contribution in [0.4, 0.5) is 0 Å². The third-order valence-corrected chi connectivity index (χ3v) is 4.25. The molecule has 0 spiro atoms. The van der Waals surface area contributed by atoms with Gasteiger partial charge in [-0.3, -0.25) is 4.79 Å². The van der Waals surface area contributed by atoms with Gasteiger partial charge in [-0.25, -0.2) is 0 Å². The lowest BCUT2D eigenvalue weighted by Crippen LogP contribution is -2.35. The highest BCUT2D eigenvalue weighted by atomic mass is 79.9. The molecule has 0 fully saturated rings. The molecule has 0 bridgehead atoms. The lowest BCUT2D eigenvalue weighted by atomic mass is 10.2. The van der Waals surface area contributed by atoms with Crippen LogP contribution in [0.2, 0.25) is 0 Å². The molecule has 1 aromatic heterocycles. The first-order valence-electron chi connectivity index (χ1n) is 8.22. The Bertz CT molecular complexity index is 894. The molecule has 0 radical (unpaired) electrons. The number of amides is 1. The van der Waals surface area contributed by atoms with Crippen LogP contribution >= 0.6 is 15.9 Å². The molecular weight excluding hydrogens is 414 g/mol. The monoisotopic (exact) mass is 431 g/mol. The van der Waals surface area contributed by atoms with Crippen LogP contribution in [0.3, 0.4) is 0 Å². The Morgan fingerprint density at radius 2 is 1.81 bits per heavy atom. The van der Waals surface area contributed by atoms with E-state index in [4.69, 9.17) is 14.0 Å². The van der Waals surface area contributed by atoms with Gasteiger partial charge in [0.1, 0.15) is 11.5 Å². The molecule has 1 N–H and O–H groups in total. The van der Waals surface area contributed by atoms with E-state index >= 15 is 0 Å². The van der Waals surface area contributed by atoms with Crippen molar-refractivity contribution >= 4 is 21.8 Å². The second kappa shape index (κ2) is 8.68. The van der Waals surface area contributed by atoms with Crippen LogP contribution in [0.5, 0.6) is 11.5 Å². The molecule has 3 rings (SSSR count). The van der Waals surface area contributed by atoms with Gasteiger partial charge in [-0.15, -0.1) is 0 Å². The number of aromatic nitrogens is 2. The maximum atomic E-state index is 12.2. The second-order valence-corrected chi connectivity index (χ2v) is 6.59. The molecule has 1 heterocycles. The highest BCUT2D eigenvalue weighted by Crippen LogP contribution is 2.20. The van der Waals surface area contributed by atoms with Gasteiger partial charge in [0.05, 0.1) is 13.7 Å². The summed E-state index contributed by atoms with van der Waals surface area (Å²) in [4.78, 5) is 16.5. The Hall–Kier alpha value is -2.87. The molecule has 7 nitrogen and oxygen atoms in total. The van der Waals surface area contributed by atoms with Gasteiger partial charge in [0.2, 0.25) is 11.7 Å². The fourth-order valence-electron chi connectivity index (χ4n) is 2.26. The number of rotatable bonds is 7. The summed E-state index contributed by atoms with van der Waals surface area (Å²) in [6.45, 7) is 1.80. The van der Waals surface area contributed by atoms with Crippen molar-refractivity contribution in [1.29, 1.82) is 0 Å². The number of carbonyl (C=O) groups is 1. The van der Waals surface area contributed by atoms with Gasteiger partial charge in [-0.1, -0.05) is 21.1 Å². The van der Waals surface area contributed by atoms with Crippen molar-refractivity contribution in [3.8, 4) is 22.9 Å². The Balaban J connectivity index is 1.54. The Morgan fingerprint density at radius 3 is 2.48 bits per heavy atom. The van der Waals surface area contributed by atoms with Crippen molar-refractivity contribution < 1.29 is 18.8 Å². The summed E-state index contributed by atoms with van der Waals surface area (Å²) in [5.74, 6) is 1.84. The molecule has 0 saturated carbocycles. The summed E-state index contributed by atoms with van der Waals surface area (Å²) < 4.78 is 16.8. The average molecular weight is 432 g/mol. The number of carbonyl (C=O) groups excluding carboxylic acids is 1. The van der Waals surface area contributed by atoms with Crippen LogP contribution in [-0.2, 0) is 11.3 Å². The van der Waals surface area contributed by atoms with E-state index in [1.807, 2.05) is 36.4 Å². The largest absolute Gasteiger partial charge is 0.497 e. The third-order valence-electron chi connectivity index (χ3n) is 3.73. The fraction of sp³-hybridized carbons (Fsp3) is 0.211. The maximum Gasteiger partial charge on any atom is 0.261 e. The van der Waals surface area contributed by atoms with Crippen LogP contribution in [0.15, 0.2) is 57.5 Å². The first-order chi connectivity index (χ1) is 13.0. The van der Waals surface area contributed by atoms with Crippen molar-refractivity contribution in [3.63, 3.8) is 0 Å². The zero-order chi connectivity index (χ0) is 19.2. The smallest absolute Gasteiger partial charge is 0.261 e. The average Bonchev–Trinajstić information content (AvgIpc) is 3.17. The third kappa shape index (κ3) is 5.07. The highest BCUT2D eigenvalue weighted by Gasteiger charge is 2.16. The van der Waals surface area contributed by atoms with Crippen LogP contribution in [0.1, 0.15) is 12.8 Å². The van der Waals surface area contributed by atoms with E-state index in [1.165, 1.54) is 0 Å². The number of hydrogen-bond donors (Lipinski definition) is 1. The molecule has 8 heteroatoms. The van der Waals surface area contributed by atoms with E-state index in [1.54, 1.807) is 26.2 Å². The lowest BCUT2D eigenvalue weighted by molar-refractivity contribution is -0.127. The Kier molecular flexibility index (Phi) is 6.08. The quantitative estimate of drug-likeness (QED) is 0.614. The molecule has 1 amide bonds. The SMILES string of the molecule is COc1ccc(-c2noc(CNC(=O)[C@@H](C)Oc3ccc(Br)cc3)n2)cc1. The fourth-order valence-corrected chi connectivity index (χ4v) is 2.53. The van der Waals surface area contributed by atoms with E-state index in [-0.39, 0.29) is 12.5 Å². The summed E-state index contributed by atoms with van der Waals surface area (Å²) in [7, 11) is 1.60. The molecule has 0 saturated heterocycles. The van der Waals surface area contributed by atoms with Crippen molar-refractivity contribution in [2.75, 3.05) is 7.11 Å². The second-order valence-electron chi connectivity index (χ2n) is 5.67. The minimum Gasteiger partial charge on any atom is -0.497 e. The molecule has 3 aromatic rings. The number of nitrogens with zero attached hydrogens (tertiary/aromatic N) is 2. The molecule has 0 aliphatic rings. The lowest BCUT2D eigenvalue weighted by Gasteiger charge is -2.13. The molecule has 0 unspecified atom stereocenters. The maximum absolute atomic E-state index is 12.2. The molecule has 27 heavy (non-hydrogen) atoms. The van der Waals surface area contributed by atoms with Crippen LogP contribution in [-0.4, -0.2) is 29.3 Å². The van der Waals surface area contributed by atoms with Gasteiger partial charge in [0.15, 0.2) is 6.10 Å². The molecule has 0 aliphatic carbocycles. The predicted octanol–water partition coefficient (Wildman–Crippen LogP) is 3.59. The molecule has 0 aliphatic heterocycles. The number of nitrogens with one attached hydrogen (secondary N) is 1. The first kappa shape index (κ1) is 18.9. The van der Waals surface area contributed by atoms with Crippen molar-refractivity contribution in [1.82, 2.24) is 15.5 Å². The summed E-state index contributed by atoms with van der Waals surface area (Å²) in [6, 6.07) is 14.6. The standard InChI is InChI=1S/C19H18BrN3O4/c1-12(26-16-9-5-14(20)6-10-16)19(24)21-11-17-22-18(23-27-17)13-3-7-15(25-2)8-4-13/h3-10,12H,11H2,1-2H3,(H,21,24)/t12-/m1/s1. The number of methoxy groups -OCH3 is 1. The number of benzene rings is 2.